The third-order valence-corrected chi connectivity index (χ3v) is 7.30. The highest BCUT2D eigenvalue weighted by Crippen LogP contribution is 2.50. The SMILES string of the molecule is COC(=O)c1cn2c(cc1=O)-c1cc(Cl)c(OCC3CC(F)(F)C3)cc1C1CCC(C)(C)N12. The molecule has 3 aliphatic rings. The average molecular weight is 479 g/mol. The van der Waals surface area contributed by atoms with Crippen LogP contribution in [-0.4, -0.2) is 35.8 Å². The van der Waals surface area contributed by atoms with Gasteiger partial charge in [-0.25, -0.2) is 13.6 Å². The molecular weight excluding hydrogens is 454 g/mol. The van der Waals surface area contributed by atoms with Crippen LogP contribution in [0.4, 0.5) is 8.78 Å². The number of hydrogen-bond donors (Lipinski definition) is 0. The maximum atomic E-state index is 13.2. The van der Waals surface area contributed by atoms with E-state index in [1.165, 1.54) is 13.2 Å². The first kappa shape index (κ1) is 22.2. The van der Waals surface area contributed by atoms with E-state index in [0.29, 0.717) is 16.5 Å². The number of aromatic nitrogens is 1. The molecular formula is C24H25ClF2N2O4. The highest BCUT2D eigenvalue weighted by molar-refractivity contribution is 6.32. The molecule has 2 fully saturated rings. The molecule has 1 unspecified atom stereocenters. The van der Waals surface area contributed by atoms with Crippen molar-refractivity contribution >= 4 is 17.6 Å². The number of esters is 1. The minimum atomic E-state index is -2.59. The van der Waals surface area contributed by atoms with Gasteiger partial charge in [0.1, 0.15) is 11.3 Å². The van der Waals surface area contributed by atoms with Crippen molar-refractivity contribution in [3.05, 3.63) is 50.8 Å². The summed E-state index contributed by atoms with van der Waals surface area (Å²) in [7, 11) is 1.25. The van der Waals surface area contributed by atoms with Gasteiger partial charge in [-0.1, -0.05) is 11.6 Å². The highest BCUT2D eigenvalue weighted by Gasteiger charge is 2.47. The summed E-state index contributed by atoms with van der Waals surface area (Å²) in [5.41, 5.74) is 1.67. The van der Waals surface area contributed by atoms with Crippen LogP contribution >= 0.6 is 11.6 Å². The van der Waals surface area contributed by atoms with Crippen LogP contribution in [0.1, 0.15) is 61.5 Å². The molecule has 9 heteroatoms. The summed E-state index contributed by atoms with van der Waals surface area (Å²) < 4.78 is 38.9. The zero-order chi connectivity index (χ0) is 23.7. The van der Waals surface area contributed by atoms with Crippen molar-refractivity contribution in [1.29, 1.82) is 0 Å². The van der Waals surface area contributed by atoms with Crippen molar-refractivity contribution < 1.29 is 23.0 Å². The number of hydrogen-bond acceptors (Lipinski definition) is 5. The average Bonchev–Trinajstić information content (AvgIpc) is 3.05. The van der Waals surface area contributed by atoms with Gasteiger partial charge in [-0.2, -0.15) is 0 Å². The summed E-state index contributed by atoms with van der Waals surface area (Å²) in [5.74, 6) is -3.01. The van der Waals surface area contributed by atoms with Crippen LogP contribution in [0.25, 0.3) is 11.3 Å². The maximum Gasteiger partial charge on any atom is 0.343 e. The van der Waals surface area contributed by atoms with E-state index in [9.17, 15) is 18.4 Å². The van der Waals surface area contributed by atoms with E-state index in [1.807, 2.05) is 10.7 Å². The highest BCUT2D eigenvalue weighted by atomic mass is 35.5. The van der Waals surface area contributed by atoms with Gasteiger partial charge in [0.05, 0.1) is 36.0 Å². The van der Waals surface area contributed by atoms with Crippen LogP contribution in [0.3, 0.4) is 0 Å². The Balaban J connectivity index is 1.58. The molecule has 0 amide bonds. The molecule has 176 valence electrons. The Bertz CT molecular complexity index is 1200. The molecule has 0 N–H and O–H groups in total. The van der Waals surface area contributed by atoms with Gasteiger partial charge in [-0.05, 0) is 44.4 Å². The number of carbonyl (C=O) groups excluding carboxylic acids is 1. The standard InChI is InChI=1S/C24H25ClF2N2O4/c1-23(2)5-4-18-15-7-21(33-12-13-9-24(26,27)10-13)17(25)6-14(15)19-8-20(30)16(22(31)32-3)11-28(19)29(18)23/h6-8,11,13,18H,4-5,9-10,12H2,1-3H3. The lowest BCUT2D eigenvalue weighted by atomic mass is 9.82. The number of benzene rings is 1. The fourth-order valence-electron chi connectivity index (χ4n) is 5.33. The minimum absolute atomic E-state index is 0.0249. The van der Waals surface area contributed by atoms with E-state index < -0.39 is 17.3 Å². The Morgan fingerprint density at radius 2 is 1.97 bits per heavy atom. The number of nitrogens with zero attached hydrogens (tertiary/aromatic N) is 2. The van der Waals surface area contributed by atoms with Crippen molar-refractivity contribution in [2.24, 2.45) is 5.92 Å². The van der Waals surface area contributed by atoms with Gasteiger partial charge >= 0.3 is 5.97 Å². The molecule has 3 heterocycles. The summed E-state index contributed by atoms with van der Waals surface area (Å²) >= 11 is 6.52. The van der Waals surface area contributed by atoms with Crippen molar-refractivity contribution in [2.45, 2.75) is 57.0 Å². The van der Waals surface area contributed by atoms with Crippen molar-refractivity contribution in [1.82, 2.24) is 4.68 Å². The van der Waals surface area contributed by atoms with E-state index in [4.69, 9.17) is 21.1 Å². The number of halogens is 3. The quantitative estimate of drug-likeness (QED) is 0.582. The number of fused-ring (bicyclic) bond motifs is 6. The first-order chi connectivity index (χ1) is 15.5. The van der Waals surface area contributed by atoms with Gasteiger partial charge in [0.25, 0.3) is 0 Å². The lowest BCUT2D eigenvalue weighted by molar-refractivity contribution is -0.119. The second-order valence-corrected chi connectivity index (χ2v) is 10.2. The first-order valence-electron chi connectivity index (χ1n) is 11.0. The van der Waals surface area contributed by atoms with Crippen molar-refractivity contribution in [2.75, 3.05) is 18.7 Å². The van der Waals surface area contributed by atoms with Crippen molar-refractivity contribution in [3.8, 4) is 17.0 Å². The monoisotopic (exact) mass is 478 g/mol. The number of pyridine rings is 1. The zero-order valence-electron chi connectivity index (χ0n) is 18.7. The Morgan fingerprint density at radius 3 is 2.64 bits per heavy atom. The maximum absolute atomic E-state index is 13.2. The van der Waals surface area contributed by atoms with E-state index in [1.54, 1.807) is 12.3 Å². The molecule has 6 nitrogen and oxygen atoms in total. The molecule has 1 saturated heterocycles. The Labute approximate surface area is 195 Å². The molecule has 1 saturated carbocycles. The number of ether oxygens (including phenoxy) is 2. The molecule has 1 aliphatic carbocycles. The summed E-state index contributed by atoms with van der Waals surface area (Å²) in [4.78, 5) is 24.9. The molecule has 0 bridgehead atoms. The smallest absolute Gasteiger partial charge is 0.343 e. The van der Waals surface area contributed by atoms with Crippen LogP contribution in [0.2, 0.25) is 5.02 Å². The second-order valence-electron chi connectivity index (χ2n) is 9.80. The topological polar surface area (TPSA) is 60.8 Å². The largest absolute Gasteiger partial charge is 0.492 e. The van der Waals surface area contributed by atoms with Crippen LogP contribution < -0.4 is 15.2 Å². The van der Waals surface area contributed by atoms with E-state index >= 15 is 0 Å². The molecule has 2 aromatic rings. The van der Waals surface area contributed by atoms with Gasteiger partial charge in [0.15, 0.2) is 5.43 Å². The third kappa shape index (κ3) is 3.59. The Hall–Kier alpha value is -2.61. The van der Waals surface area contributed by atoms with E-state index in [0.717, 1.165) is 24.0 Å². The predicted octanol–water partition coefficient (Wildman–Crippen LogP) is 4.94. The summed E-state index contributed by atoms with van der Waals surface area (Å²) in [6, 6.07) is 5.04. The molecule has 2 aliphatic heterocycles. The van der Waals surface area contributed by atoms with Gasteiger partial charge < -0.3 is 9.47 Å². The molecule has 0 spiro atoms. The van der Waals surface area contributed by atoms with Gasteiger partial charge in [0.2, 0.25) is 5.92 Å². The number of alkyl halides is 2. The molecule has 1 aromatic heterocycles. The molecule has 5 rings (SSSR count). The number of methoxy groups -OCH3 is 1. The van der Waals surface area contributed by atoms with E-state index in [2.05, 4.69) is 18.9 Å². The van der Waals surface area contributed by atoms with Crippen LogP contribution in [0, 0.1) is 5.92 Å². The fraction of sp³-hybridized carbons (Fsp3) is 0.500. The Kier molecular flexibility index (Phi) is 5.01. The summed E-state index contributed by atoms with van der Waals surface area (Å²) in [5, 5.41) is 2.52. The van der Waals surface area contributed by atoms with Crippen LogP contribution in [0.5, 0.6) is 5.75 Å². The molecule has 1 atom stereocenters. The van der Waals surface area contributed by atoms with E-state index in [-0.39, 0.29) is 42.5 Å². The summed E-state index contributed by atoms with van der Waals surface area (Å²) in [6.45, 7) is 4.41. The fourth-order valence-corrected chi connectivity index (χ4v) is 5.55. The lowest BCUT2D eigenvalue weighted by Gasteiger charge is -2.44. The van der Waals surface area contributed by atoms with Crippen LogP contribution in [0.15, 0.2) is 29.2 Å². The third-order valence-electron chi connectivity index (χ3n) is 7.00. The van der Waals surface area contributed by atoms with Gasteiger partial charge in [0, 0.05) is 36.6 Å². The van der Waals surface area contributed by atoms with Crippen molar-refractivity contribution in [3.63, 3.8) is 0 Å². The number of carbonyl (C=O) groups is 1. The lowest BCUT2D eigenvalue weighted by Crippen LogP contribution is -2.50. The minimum Gasteiger partial charge on any atom is -0.492 e. The normalized spacial score (nSPS) is 22.1. The van der Waals surface area contributed by atoms with Gasteiger partial charge in [-0.15, -0.1) is 0 Å². The second kappa shape index (κ2) is 7.45. The summed E-state index contributed by atoms with van der Waals surface area (Å²) in [6.07, 6.45) is 2.96. The van der Waals surface area contributed by atoms with Gasteiger partial charge in [-0.3, -0.25) is 14.5 Å². The zero-order valence-corrected chi connectivity index (χ0v) is 19.4. The first-order valence-corrected chi connectivity index (χ1v) is 11.4. The molecule has 33 heavy (non-hydrogen) atoms. The molecule has 1 aromatic carbocycles. The van der Waals surface area contributed by atoms with Crippen LogP contribution in [-0.2, 0) is 4.74 Å². The number of rotatable bonds is 4. The molecule has 0 radical (unpaired) electrons. The Morgan fingerprint density at radius 1 is 1.24 bits per heavy atom. The predicted molar refractivity (Wildman–Crippen MR) is 120 cm³/mol.